The van der Waals surface area contributed by atoms with E-state index in [-0.39, 0.29) is 0 Å². The molecule has 3 heteroatoms. The van der Waals surface area contributed by atoms with Crippen molar-refractivity contribution in [2.24, 2.45) is 4.99 Å². The standard InChI is InChI=1S/C10H13N3/c1-3-10(13-8-11-2)9-4-6-12-7-5-9/h3-8H,1-2H3,(H,11,13)/b10-3-. The van der Waals surface area contributed by atoms with Gasteiger partial charge in [0.2, 0.25) is 0 Å². The molecule has 1 heterocycles. The Bertz CT molecular complexity index is 301. The SMILES string of the molecule is C/C=C(\NC=NC)c1ccncc1. The van der Waals surface area contributed by atoms with Crippen molar-refractivity contribution in [1.82, 2.24) is 10.3 Å². The number of aromatic nitrogens is 1. The minimum atomic E-state index is 1.04. The van der Waals surface area contributed by atoms with Crippen LogP contribution in [0.2, 0.25) is 0 Å². The summed E-state index contributed by atoms with van der Waals surface area (Å²) in [6.07, 6.45) is 7.19. The van der Waals surface area contributed by atoms with E-state index in [1.807, 2.05) is 25.1 Å². The molecular formula is C10H13N3. The largest absolute Gasteiger partial charge is 0.347 e. The van der Waals surface area contributed by atoms with Crippen LogP contribution < -0.4 is 5.32 Å². The lowest BCUT2D eigenvalue weighted by Crippen LogP contribution is -2.08. The van der Waals surface area contributed by atoms with Crippen molar-refractivity contribution in [3.63, 3.8) is 0 Å². The average molecular weight is 175 g/mol. The van der Waals surface area contributed by atoms with Crippen molar-refractivity contribution in [3.05, 3.63) is 36.2 Å². The van der Waals surface area contributed by atoms with Gasteiger partial charge in [-0.25, -0.2) is 0 Å². The van der Waals surface area contributed by atoms with Crippen LogP contribution in [0.25, 0.3) is 5.70 Å². The molecule has 0 aliphatic carbocycles. The van der Waals surface area contributed by atoms with Gasteiger partial charge in [-0.05, 0) is 19.1 Å². The van der Waals surface area contributed by atoms with Crippen LogP contribution in [0.5, 0.6) is 0 Å². The van der Waals surface area contributed by atoms with Crippen LogP contribution in [0, 0.1) is 0 Å². The zero-order valence-electron chi connectivity index (χ0n) is 7.86. The second kappa shape index (κ2) is 5.09. The predicted octanol–water partition coefficient (Wildman–Crippen LogP) is 1.69. The van der Waals surface area contributed by atoms with Crippen molar-refractivity contribution >= 4 is 12.0 Å². The van der Waals surface area contributed by atoms with Crippen molar-refractivity contribution < 1.29 is 0 Å². The van der Waals surface area contributed by atoms with Crippen LogP contribution in [-0.4, -0.2) is 18.4 Å². The quantitative estimate of drug-likeness (QED) is 0.560. The Morgan fingerprint density at radius 2 is 2.15 bits per heavy atom. The van der Waals surface area contributed by atoms with Gasteiger partial charge >= 0.3 is 0 Å². The Balaban J connectivity index is 2.80. The molecule has 0 amide bonds. The van der Waals surface area contributed by atoms with E-state index in [9.17, 15) is 0 Å². The first kappa shape index (κ1) is 9.45. The van der Waals surface area contributed by atoms with E-state index < -0.39 is 0 Å². The lowest BCUT2D eigenvalue weighted by Gasteiger charge is -2.04. The van der Waals surface area contributed by atoms with E-state index in [4.69, 9.17) is 0 Å². The molecule has 1 N–H and O–H groups in total. The van der Waals surface area contributed by atoms with Crippen molar-refractivity contribution in [2.75, 3.05) is 7.05 Å². The van der Waals surface area contributed by atoms with Crippen molar-refractivity contribution in [1.29, 1.82) is 0 Å². The van der Waals surface area contributed by atoms with Gasteiger partial charge in [-0.3, -0.25) is 9.98 Å². The number of aliphatic imine (C=N–C) groups is 1. The first-order valence-corrected chi connectivity index (χ1v) is 4.12. The number of pyridine rings is 1. The monoisotopic (exact) mass is 175 g/mol. The molecular weight excluding hydrogens is 162 g/mol. The minimum Gasteiger partial charge on any atom is -0.347 e. The highest BCUT2D eigenvalue weighted by Gasteiger charge is 1.95. The summed E-state index contributed by atoms with van der Waals surface area (Å²) in [4.78, 5) is 7.81. The van der Waals surface area contributed by atoms with Crippen LogP contribution in [0.3, 0.4) is 0 Å². The molecule has 0 saturated heterocycles. The maximum Gasteiger partial charge on any atom is 0.0864 e. The third-order valence-electron chi connectivity index (χ3n) is 1.63. The van der Waals surface area contributed by atoms with Crippen molar-refractivity contribution in [2.45, 2.75) is 6.92 Å². The average Bonchev–Trinajstić information content (AvgIpc) is 2.21. The number of nitrogens with one attached hydrogen (secondary N) is 1. The van der Waals surface area contributed by atoms with Gasteiger partial charge in [0, 0.05) is 30.7 Å². The molecule has 0 atom stereocenters. The first-order valence-electron chi connectivity index (χ1n) is 4.12. The maximum absolute atomic E-state index is 3.95. The Morgan fingerprint density at radius 3 is 2.69 bits per heavy atom. The number of hydrogen-bond donors (Lipinski definition) is 1. The van der Waals surface area contributed by atoms with E-state index in [0.717, 1.165) is 11.3 Å². The third-order valence-corrected chi connectivity index (χ3v) is 1.63. The lowest BCUT2D eigenvalue weighted by atomic mass is 10.2. The summed E-state index contributed by atoms with van der Waals surface area (Å²) in [6.45, 7) is 1.98. The predicted molar refractivity (Wildman–Crippen MR) is 55.4 cm³/mol. The molecule has 0 fully saturated rings. The summed E-state index contributed by atoms with van der Waals surface area (Å²) in [6, 6.07) is 3.90. The van der Waals surface area contributed by atoms with Crippen LogP contribution in [0.1, 0.15) is 12.5 Å². The van der Waals surface area contributed by atoms with E-state index in [0.29, 0.717) is 0 Å². The van der Waals surface area contributed by atoms with E-state index in [1.54, 1.807) is 25.8 Å². The lowest BCUT2D eigenvalue weighted by molar-refractivity contribution is 1.25. The summed E-state index contributed by atoms with van der Waals surface area (Å²) in [5.74, 6) is 0. The molecule has 0 saturated carbocycles. The first-order chi connectivity index (χ1) is 6.38. The molecule has 0 aromatic carbocycles. The molecule has 0 bridgehead atoms. The van der Waals surface area contributed by atoms with E-state index >= 15 is 0 Å². The molecule has 0 unspecified atom stereocenters. The number of hydrogen-bond acceptors (Lipinski definition) is 2. The van der Waals surface area contributed by atoms with Crippen molar-refractivity contribution in [3.8, 4) is 0 Å². The van der Waals surface area contributed by atoms with Gasteiger partial charge in [0.1, 0.15) is 0 Å². The molecule has 0 spiro atoms. The zero-order valence-corrected chi connectivity index (χ0v) is 7.86. The maximum atomic E-state index is 3.95. The summed E-state index contributed by atoms with van der Waals surface area (Å²) >= 11 is 0. The molecule has 3 nitrogen and oxygen atoms in total. The Kier molecular flexibility index (Phi) is 3.70. The zero-order chi connectivity index (χ0) is 9.52. The Morgan fingerprint density at radius 1 is 1.46 bits per heavy atom. The van der Waals surface area contributed by atoms with Crippen LogP contribution >= 0.6 is 0 Å². The highest BCUT2D eigenvalue weighted by atomic mass is 14.9. The van der Waals surface area contributed by atoms with E-state index in [1.165, 1.54) is 0 Å². The molecule has 68 valence electrons. The van der Waals surface area contributed by atoms with E-state index in [2.05, 4.69) is 15.3 Å². The Hall–Kier alpha value is -1.64. The molecule has 1 aromatic heterocycles. The second-order valence-electron chi connectivity index (χ2n) is 2.47. The number of allylic oxidation sites excluding steroid dienone is 1. The summed E-state index contributed by atoms with van der Waals surface area (Å²) in [5.41, 5.74) is 2.14. The topological polar surface area (TPSA) is 37.3 Å². The van der Waals surface area contributed by atoms with Gasteiger partial charge in [-0.1, -0.05) is 6.08 Å². The molecule has 0 radical (unpaired) electrons. The molecule has 1 aromatic rings. The fourth-order valence-corrected chi connectivity index (χ4v) is 0.999. The smallest absolute Gasteiger partial charge is 0.0864 e. The van der Waals surface area contributed by atoms with Gasteiger partial charge in [-0.2, -0.15) is 0 Å². The summed E-state index contributed by atoms with van der Waals surface area (Å²) < 4.78 is 0. The normalized spacial score (nSPS) is 12.0. The van der Waals surface area contributed by atoms with Gasteiger partial charge in [0.15, 0.2) is 0 Å². The van der Waals surface area contributed by atoms with Gasteiger partial charge < -0.3 is 5.32 Å². The van der Waals surface area contributed by atoms with Crippen LogP contribution in [0.15, 0.2) is 35.6 Å². The van der Waals surface area contributed by atoms with Crippen LogP contribution in [0.4, 0.5) is 0 Å². The highest BCUT2D eigenvalue weighted by molar-refractivity contribution is 5.75. The number of rotatable bonds is 3. The molecule has 13 heavy (non-hydrogen) atoms. The van der Waals surface area contributed by atoms with Crippen LogP contribution in [-0.2, 0) is 0 Å². The van der Waals surface area contributed by atoms with Gasteiger partial charge in [0.25, 0.3) is 0 Å². The second-order valence-corrected chi connectivity index (χ2v) is 2.47. The minimum absolute atomic E-state index is 1.04. The molecule has 0 aliphatic heterocycles. The fraction of sp³-hybridized carbons (Fsp3) is 0.200. The number of nitrogens with zero attached hydrogens (tertiary/aromatic N) is 2. The fourth-order valence-electron chi connectivity index (χ4n) is 0.999. The summed E-state index contributed by atoms with van der Waals surface area (Å²) in [5, 5.41) is 3.08. The Labute approximate surface area is 78.2 Å². The molecule has 1 rings (SSSR count). The van der Waals surface area contributed by atoms with Gasteiger partial charge in [-0.15, -0.1) is 0 Å². The molecule has 0 aliphatic rings. The third kappa shape index (κ3) is 2.71. The highest BCUT2D eigenvalue weighted by Crippen LogP contribution is 2.07. The van der Waals surface area contributed by atoms with Gasteiger partial charge in [0.05, 0.1) is 6.34 Å². The summed E-state index contributed by atoms with van der Waals surface area (Å²) in [7, 11) is 1.73.